The van der Waals surface area contributed by atoms with Gasteiger partial charge < -0.3 is 15.1 Å². The predicted molar refractivity (Wildman–Crippen MR) is 94.7 cm³/mol. The van der Waals surface area contributed by atoms with Gasteiger partial charge in [-0.05, 0) is 31.2 Å². The fourth-order valence-corrected chi connectivity index (χ4v) is 2.35. The average Bonchev–Trinajstić information content (AvgIpc) is 3.17. The number of carbonyl (C=O) groups excluding carboxylic acids is 1. The van der Waals surface area contributed by atoms with Gasteiger partial charge in [0.2, 0.25) is 5.91 Å². The van der Waals surface area contributed by atoms with Crippen LogP contribution in [0.15, 0.2) is 41.0 Å². The molecule has 8 nitrogen and oxygen atoms in total. The Bertz CT molecular complexity index is 809. The predicted octanol–water partition coefficient (Wildman–Crippen LogP) is 3.09. The summed E-state index contributed by atoms with van der Waals surface area (Å²) in [6.07, 6.45) is -3.14. The van der Waals surface area contributed by atoms with Crippen molar-refractivity contribution in [2.24, 2.45) is 0 Å². The van der Waals surface area contributed by atoms with Gasteiger partial charge in [0.05, 0.1) is 29.3 Å². The van der Waals surface area contributed by atoms with Crippen LogP contribution < -0.4 is 16.0 Å². The monoisotopic (exact) mass is 400 g/mol. The van der Waals surface area contributed by atoms with Crippen LogP contribution in [0.25, 0.3) is 0 Å². The van der Waals surface area contributed by atoms with Crippen LogP contribution in [0, 0.1) is 10.1 Å². The average molecular weight is 400 g/mol. The summed E-state index contributed by atoms with van der Waals surface area (Å²) in [5.41, 5.74) is -1.85. The molecule has 2 aromatic rings. The second-order valence-corrected chi connectivity index (χ2v) is 5.88. The molecule has 1 amide bonds. The maximum atomic E-state index is 12.7. The molecule has 152 valence electrons. The number of furan rings is 1. The first kappa shape index (κ1) is 21.2. The maximum absolute atomic E-state index is 12.7. The molecule has 0 saturated heterocycles. The molecule has 0 bridgehead atoms. The highest BCUT2D eigenvalue weighted by molar-refractivity contribution is 5.78. The van der Waals surface area contributed by atoms with E-state index in [2.05, 4.69) is 16.0 Å². The van der Waals surface area contributed by atoms with Gasteiger partial charge in [0.15, 0.2) is 0 Å². The summed E-state index contributed by atoms with van der Waals surface area (Å²) in [6.45, 7) is 2.10. The highest BCUT2D eigenvalue weighted by atomic mass is 19.4. The van der Waals surface area contributed by atoms with Gasteiger partial charge in [-0.3, -0.25) is 20.2 Å². The van der Waals surface area contributed by atoms with Gasteiger partial charge in [-0.15, -0.1) is 0 Å². The maximum Gasteiger partial charge on any atom is 0.416 e. The minimum Gasteiger partial charge on any atom is -0.468 e. The summed E-state index contributed by atoms with van der Waals surface area (Å²) < 4.78 is 43.2. The molecule has 11 heteroatoms. The number of amides is 1. The van der Waals surface area contributed by atoms with E-state index in [-0.39, 0.29) is 37.3 Å². The summed E-state index contributed by atoms with van der Waals surface area (Å²) in [4.78, 5) is 21.9. The first-order valence-electron chi connectivity index (χ1n) is 8.31. The van der Waals surface area contributed by atoms with Gasteiger partial charge in [-0.1, -0.05) is 0 Å². The minimum absolute atomic E-state index is 0.0301. The molecule has 0 radical (unpaired) electrons. The molecule has 1 heterocycles. The number of carbonyl (C=O) groups is 1. The van der Waals surface area contributed by atoms with Gasteiger partial charge in [0.25, 0.3) is 5.69 Å². The standard InChI is InChI=1S/C17H19F3N4O4/c1-11(15-3-2-8-28-15)23-10-16(25)22-7-6-21-13-5-4-12(17(18,19)20)9-14(13)24(26)27/h2-5,8-9,11,21,23H,6-7,10H2,1H3,(H,22,25)/t11-/m0/s1. The third-order valence-electron chi connectivity index (χ3n) is 3.82. The molecule has 0 saturated carbocycles. The number of hydrogen-bond acceptors (Lipinski definition) is 6. The second-order valence-electron chi connectivity index (χ2n) is 5.88. The summed E-state index contributed by atoms with van der Waals surface area (Å²) in [5.74, 6) is 0.381. The lowest BCUT2D eigenvalue weighted by Crippen LogP contribution is -2.37. The molecule has 3 N–H and O–H groups in total. The Balaban J connectivity index is 1.79. The number of benzene rings is 1. The smallest absolute Gasteiger partial charge is 0.416 e. The topological polar surface area (TPSA) is 109 Å². The summed E-state index contributed by atoms with van der Waals surface area (Å²) in [7, 11) is 0. The molecule has 0 aliphatic rings. The van der Waals surface area contributed by atoms with E-state index in [1.165, 1.54) is 6.26 Å². The number of nitrogens with zero attached hydrogens (tertiary/aromatic N) is 1. The van der Waals surface area contributed by atoms with Crippen LogP contribution in [0.1, 0.15) is 24.3 Å². The van der Waals surface area contributed by atoms with Gasteiger partial charge in [-0.25, -0.2) is 0 Å². The zero-order valence-electron chi connectivity index (χ0n) is 14.9. The van der Waals surface area contributed by atoms with Crippen molar-refractivity contribution in [3.05, 3.63) is 58.0 Å². The van der Waals surface area contributed by atoms with Gasteiger partial charge in [0.1, 0.15) is 11.4 Å². The Kier molecular flexibility index (Phi) is 6.99. The second kappa shape index (κ2) is 9.22. The Morgan fingerprint density at radius 3 is 2.64 bits per heavy atom. The molecule has 0 aliphatic carbocycles. The van der Waals surface area contributed by atoms with E-state index in [1.807, 2.05) is 6.92 Å². The van der Waals surface area contributed by atoms with Crippen molar-refractivity contribution in [3.63, 3.8) is 0 Å². The SMILES string of the molecule is C[C@H](NCC(=O)NCCNc1ccc(C(F)(F)F)cc1[N+](=O)[O-])c1ccco1. The number of hydrogen-bond donors (Lipinski definition) is 3. The van der Waals surface area contributed by atoms with Crippen LogP contribution in [-0.4, -0.2) is 30.5 Å². The van der Waals surface area contributed by atoms with E-state index < -0.39 is 22.4 Å². The number of nitro benzene ring substituents is 1. The van der Waals surface area contributed by atoms with Crippen molar-refractivity contribution in [1.29, 1.82) is 0 Å². The van der Waals surface area contributed by atoms with Crippen LogP contribution in [0.5, 0.6) is 0 Å². The lowest BCUT2D eigenvalue weighted by molar-refractivity contribution is -0.384. The minimum atomic E-state index is -4.67. The molecular weight excluding hydrogens is 381 g/mol. The van der Waals surface area contributed by atoms with Crippen LogP contribution in [-0.2, 0) is 11.0 Å². The normalized spacial score (nSPS) is 12.4. The van der Waals surface area contributed by atoms with Crippen molar-refractivity contribution in [3.8, 4) is 0 Å². The Hall–Kier alpha value is -3.08. The van der Waals surface area contributed by atoms with Crippen LogP contribution in [0.3, 0.4) is 0 Å². The molecule has 1 aromatic carbocycles. The number of anilines is 1. The first-order chi connectivity index (χ1) is 13.2. The van der Waals surface area contributed by atoms with Gasteiger partial charge in [-0.2, -0.15) is 13.2 Å². The van der Waals surface area contributed by atoms with Crippen molar-refractivity contribution in [2.45, 2.75) is 19.1 Å². The van der Waals surface area contributed by atoms with Crippen LogP contribution in [0.4, 0.5) is 24.5 Å². The lowest BCUT2D eigenvalue weighted by Gasteiger charge is -2.12. The van der Waals surface area contributed by atoms with Crippen molar-refractivity contribution in [1.82, 2.24) is 10.6 Å². The molecule has 2 rings (SSSR count). The summed E-state index contributed by atoms with van der Waals surface area (Å²) in [5, 5.41) is 19.2. The fourth-order valence-electron chi connectivity index (χ4n) is 2.35. The number of nitrogens with one attached hydrogen (secondary N) is 3. The molecule has 0 fully saturated rings. The summed E-state index contributed by atoms with van der Waals surface area (Å²) >= 11 is 0. The zero-order valence-corrected chi connectivity index (χ0v) is 14.9. The van der Waals surface area contributed by atoms with Crippen LogP contribution in [0.2, 0.25) is 0 Å². The third-order valence-corrected chi connectivity index (χ3v) is 3.82. The first-order valence-corrected chi connectivity index (χ1v) is 8.31. The largest absolute Gasteiger partial charge is 0.468 e. The van der Waals surface area contributed by atoms with Crippen molar-refractivity contribution < 1.29 is 27.3 Å². The highest BCUT2D eigenvalue weighted by Crippen LogP contribution is 2.34. The Morgan fingerprint density at radius 1 is 1.29 bits per heavy atom. The van der Waals surface area contributed by atoms with E-state index >= 15 is 0 Å². The number of alkyl halides is 3. The van der Waals surface area contributed by atoms with E-state index in [1.54, 1.807) is 12.1 Å². The zero-order chi connectivity index (χ0) is 20.7. The fraction of sp³-hybridized carbons (Fsp3) is 0.353. The number of rotatable bonds is 9. The number of nitro groups is 1. The summed E-state index contributed by atoms with van der Waals surface area (Å²) in [6, 6.07) is 5.58. The van der Waals surface area contributed by atoms with E-state index in [4.69, 9.17) is 4.42 Å². The molecule has 28 heavy (non-hydrogen) atoms. The quantitative estimate of drug-likeness (QED) is 0.339. The lowest BCUT2D eigenvalue weighted by atomic mass is 10.1. The Labute approximate surface area is 158 Å². The van der Waals surface area contributed by atoms with Crippen molar-refractivity contribution in [2.75, 3.05) is 25.0 Å². The van der Waals surface area contributed by atoms with Gasteiger partial charge in [0, 0.05) is 19.2 Å². The van der Waals surface area contributed by atoms with E-state index in [0.717, 1.165) is 12.1 Å². The van der Waals surface area contributed by atoms with Crippen LogP contribution >= 0.6 is 0 Å². The molecular formula is C17H19F3N4O4. The Morgan fingerprint density at radius 2 is 2.04 bits per heavy atom. The van der Waals surface area contributed by atoms with Gasteiger partial charge >= 0.3 is 6.18 Å². The molecule has 1 atom stereocenters. The number of halogens is 3. The van der Waals surface area contributed by atoms with E-state index in [9.17, 15) is 28.1 Å². The third kappa shape index (κ3) is 5.98. The van der Waals surface area contributed by atoms with Crippen molar-refractivity contribution >= 4 is 17.3 Å². The van der Waals surface area contributed by atoms with E-state index in [0.29, 0.717) is 11.8 Å². The molecule has 0 aliphatic heterocycles. The highest BCUT2D eigenvalue weighted by Gasteiger charge is 2.33. The molecule has 0 spiro atoms. The molecule has 0 unspecified atom stereocenters. The molecule has 1 aromatic heterocycles.